The molecule has 0 N–H and O–H groups in total. The zero-order valence-electron chi connectivity index (χ0n) is 8.44. The van der Waals surface area contributed by atoms with Gasteiger partial charge in [-0.2, -0.15) is 0 Å². The zero-order valence-corrected chi connectivity index (χ0v) is 10.0. The Morgan fingerprint density at radius 2 is 2.33 bits per heavy atom. The summed E-state index contributed by atoms with van der Waals surface area (Å²) in [7, 11) is 0. The lowest BCUT2D eigenvalue weighted by atomic mass is 10.1. The van der Waals surface area contributed by atoms with Gasteiger partial charge in [-0.05, 0) is 12.0 Å². The average Bonchev–Trinajstić information content (AvgIpc) is 2.26. The normalized spacial score (nSPS) is 11.5. The third kappa shape index (κ3) is 3.47. The monoisotopic (exact) mass is 269 g/mol. The second-order valence-corrected chi connectivity index (χ2v) is 3.70. The number of hydrogen-bond acceptors (Lipinski definition) is 2. The topological polar surface area (TPSA) is 43.1 Å². The summed E-state index contributed by atoms with van der Waals surface area (Å²) in [6.45, 7) is 2.06. The van der Waals surface area contributed by atoms with E-state index < -0.39 is 0 Å². The molecule has 4 heteroatoms. The Balaban J connectivity index is 3.00. The summed E-state index contributed by atoms with van der Waals surface area (Å²) < 4.78 is 0. The molecule has 3 nitrogen and oxygen atoms in total. The van der Waals surface area contributed by atoms with E-state index in [0.717, 1.165) is 17.3 Å². The first-order chi connectivity index (χ1) is 7.17. The summed E-state index contributed by atoms with van der Waals surface area (Å²) in [6.07, 6.45) is 2.91. The Morgan fingerprint density at radius 3 is 2.87 bits per heavy atom. The molecule has 0 aromatic heterocycles. The van der Waals surface area contributed by atoms with Gasteiger partial charge in [0.2, 0.25) is 0 Å². The summed E-state index contributed by atoms with van der Waals surface area (Å²) in [5.41, 5.74) is 2.23. The molecule has 0 saturated carbocycles. The summed E-state index contributed by atoms with van der Waals surface area (Å²) in [6, 6.07) is 6.65. The van der Waals surface area contributed by atoms with Crippen LogP contribution in [0.3, 0.4) is 0 Å². The van der Waals surface area contributed by atoms with Crippen molar-refractivity contribution in [1.82, 2.24) is 0 Å². The first-order valence-electron chi connectivity index (χ1n) is 4.67. The van der Waals surface area contributed by atoms with Crippen LogP contribution in [0.25, 0.3) is 6.08 Å². The Labute approximate surface area is 97.1 Å². The molecule has 0 aliphatic carbocycles. The van der Waals surface area contributed by atoms with E-state index in [1.165, 1.54) is 11.6 Å². The molecule has 0 spiro atoms. The SMILES string of the molecule is CCC(=Cc1cccc([N+](=O)[O-])c1)CBr. The second-order valence-electron chi connectivity index (χ2n) is 3.14. The zero-order chi connectivity index (χ0) is 11.3. The number of benzene rings is 1. The van der Waals surface area contributed by atoms with Gasteiger partial charge >= 0.3 is 0 Å². The Bertz CT molecular complexity index is 382. The van der Waals surface area contributed by atoms with Gasteiger partial charge in [-0.3, -0.25) is 10.1 Å². The van der Waals surface area contributed by atoms with E-state index >= 15 is 0 Å². The van der Waals surface area contributed by atoms with Gasteiger partial charge in [0.1, 0.15) is 0 Å². The van der Waals surface area contributed by atoms with Crippen molar-refractivity contribution in [3.63, 3.8) is 0 Å². The van der Waals surface area contributed by atoms with Crippen molar-refractivity contribution in [1.29, 1.82) is 0 Å². The van der Waals surface area contributed by atoms with Gasteiger partial charge < -0.3 is 0 Å². The van der Waals surface area contributed by atoms with Crippen LogP contribution in [0.4, 0.5) is 5.69 Å². The summed E-state index contributed by atoms with van der Waals surface area (Å²) in [5, 5.41) is 11.4. The number of non-ortho nitro benzene ring substituents is 1. The molecule has 0 amide bonds. The van der Waals surface area contributed by atoms with Gasteiger partial charge in [-0.25, -0.2) is 0 Å². The molecule has 80 valence electrons. The summed E-state index contributed by atoms with van der Waals surface area (Å²) >= 11 is 3.38. The maximum absolute atomic E-state index is 10.6. The van der Waals surface area contributed by atoms with Crippen LogP contribution in [0.1, 0.15) is 18.9 Å². The lowest BCUT2D eigenvalue weighted by Crippen LogP contribution is -1.88. The molecule has 1 rings (SSSR count). The molecule has 15 heavy (non-hydrogen) atoms. The Kier molecular flexibility index (Phi) is 4.49. The van der Waals surface area contributed by atoms with Crippen LogP contribution in [0.15, 0.2) is 29.8 Å². The highest BCUT2D eigenvalue weighted by Gasteiger charge is 2.04. The van der Waals surface area contributed by atoms with Crippen molar-refractivity contribution < 1.29 is 4.92 Å². The van der Waals surface area contributed by atoms with Crippen LogP contribution in [-0.2, 0) is 0 Å². The molecule has 0 aliphatic heterocycles. The van der Waals surface area contributed by atoms with E-state index in [1.807, 2.05) is 12.1 Å². The molecule has 0 aliphatic rings. The fourth-order valence-corrected chi connectivity index (χ4v) is 1.76. The van der Waals surface area contributed by atoms with E-state index in [2.05, 4.69) is 22.9 Å². The van der Waals surface area contributed by atoms with Crippen LogP contribution in [0.2, 0.25) is 0 Å². The molecule has 1 aromatic rings. The minimum Gasteiger partial charge on any atom is -0.258 e. The highest BCUT2D eigenvalue weighted by molar-refractivity contribution is 9.09. The Morgan fingerprint density at radius 1 is 1.60 bits per heavy atom. The van der Waals surface area contributed by atoms with Crippen LogP contribution in [0, 0.1) is 10.1 Å². The van der Waals surface area contributed by atoms with E-state index in [9.17, 15) is 10.1 Å². The number of rotatable bonds is 4. The quantitative estimate of drug-likeness (QED) is 0.474. The van der Waals surface area contributed by atoms with Crippen LogP contribution in [0.5, 0.6) is 0 Å². The average molecular weight is 270 g/mol. The lowest BCUT2D eigenvalue weighted by molar-refractivity contribution is -0.384. The molecule has 0 radical (unpaired) electrons. The molecule has 0 heterocycles. The van der Waals surface area contributed by atoms with E-state index in [0.29, 0.717) is 0 Å². The maximum atomic E-state index is 10.6. The molecule has 0 fully saturated rings. The predicted octanol–water partition coefficient (Wildman–Crippen LogP) is 3.78. The van der Waals surface area contributed by atoms with Crippen molar-refractivity contribution in [2.45, 2.75) is 13.3 Å². The van der Waals surface area contributed by atoms with Crippen molar-refractivity contribution in [3.8, 4) is 0 Å². The Hall–Kier alpha value is -1.16. The van der Waals surface area contributed by atoms with Crippen molar-refractivity contribution >= 4 is 27.7 Å². The second kappa shape index (κ2) is 5.66. The van der Waals surface area contributed by atoms with Crippen LogP contribution in [-0.4, -0.2) is 10.3 Å². The lowest BCUT2D eigenvalue weighted by Gasteiger charge is -1.99. The third-order valence-corrected chi connectivity index (χ3v) is 2.80. The molecule has 0 atom stereocenters. The highest BCUT2D eigenvalue weighted by atomic mass is 79.9. The minimum absolute atomic E-state index is 0.133. The van der Waals surface area contributed by atoms with Crippen molar-refractivity contribution in [2.75, 3.05) is 5.33 Å². The van der Waals surface area contributed by atoms with Crippen LogP contribution < -0.4 is 0 Å². The molecule has 0 bridgehead atoms. The molecular weight excluding hydrogens is 258 g/mol. The number of alkyl halides is 1. The predicted molar refractivity (Wildman–Crippen MR) is 65.2 cm³/mol. The number of nitro benzene ring substituents is 1. The number of allylic oxidation sites excluding steroid dienone is 1. The van der Waals surface area contributed by atoms with Gasteiger partial charge in [0.05, 0.1) is 4.92 Å². The van der Waals surface area contributed by atoms with E-state index in [-0.39, 0.29) is 10.6 Å². The number of hydrogen-bond donors (Lipinski definition) is 0. The van der Waals surface area contributed by atoms with Crippen molar-refractivity contribution in [2.24, 2.45) is 0 Å². The fraction of sp³-hybridized carbons (Fsp3) is 0.273. The van der Waals surface area contributed by atoms with Gasteiger partial charge in [-0.15, -0.1) is 0 Å². The smallest absolute Gasteiger partial charge is 0.258 e. The molecule has 0 saturated heterocycles. The first-order valence-corrected chi connectivity index (χ1v) is 5.79. The van der Waals surface area contributed by atoms with Crippen LogP contribution >= 0.6 is 15.9 Å². The summed E-state index contributed by atoms with van der Waals surface area (Å²) in [4.78, 5) is 10.2. The number of nitrogens with zero attached hydrogens (tertiary/aromatic N) is 1. The van der Waals surface area contributed by atoms with Gasteiger partial charge in [0.25, 0.3) is 5.69 Å². The number of nitro groups is 1. The summed E-state index contributed by atoms with van der Waals surface area (Å²) in [5.74, 6) is 0. The largest absolute Gasteiger partial charge is 0.270 e. The molecule has 1 aromatic carbocycles. The first kappa shape index (κ1) is 11.9. The van der Waals surface area contributed by atoms with Gasteiger partial charge in [-0.1, -0.05) is 46.6 Å². The third-order valence-electron chi connectivity index (χ3n) is 2.08. The van der Waals surface area contributed by atoms with Gasteiger partial charge in [0.15, 0.2) is 0 Å². The number of halogens is 1. The van der Waals surface area contributed by atoms with Crippen molar-refractivity contribution in [3.05, 3.63) is 45.5 Å². The fourth-order valence-electron chi connectivity index (χ4n) is 1.20. The maximum Gasteiger partial charge on any atom is 0.270 e. The highest BCUT2D eigenvalue weighted by Crippen LogP contribution is 2.17. The molecular formula is C11H12BrNO2. The standard InChI is InChI=1S/C11H12BrNO2/c1-2-9(8-12)6-10-4-3-5-11(7-10)13(14)15/h3-7H,2,8H2,1H3. The van der Waals surface area contributed by atoms with E-state index in [4.69, 9.17) is 0 Å². The minimum atomic E-state index is -0.378. The molecule has 0 unspecified atom stereocenters. The van der Waals surface area contributed by atoms with Gasteiger partial charge in [0, 0.05) is 17.5 Å². The van der Waals surface area contributed by atoms with E-state index in [1.54, 1.807) is 12.1 Å².